The van der Waals surface area contributed by atoms with Gasteiger partial charge in [-0.3, -0.25) is 0 Å². The lowest BCUT2D eigenvalue weighted by Gasteiger charge is -2.11. The number of hydrogen-bond donors (Lipinski definition) is 2. The SMILES string of the molecule is CC(Cc1ccc(O)cc1)C(=O)ONC(=O)OCc1ccccc1. The van der Waals surface area contributed by atoms with E-state index in [0.29, 0.717) is 6.42 Å². The molecule has 0 heterocycles. The zero-order valence-electron chi connectivity index (χ0n) is 13.3. The molecule has 2 N–H and O–H groups in total. The molecule has 0 radical (unpaired) electrons. The van der Waals surface area contributed by atoms with Crippen LogP contribution in [0.15, 0.2) is 54.6 Å². The van der Waals surface area contributed by atoms with Crippen molar-refractivity contribution in [2.45, 2.75) is 20.0 Å². The number of hydrogen-bond acceptors (Lipinski definition) is 5. The Morgan fingerprint density at radius 2 is 1.71 bits per heavy atom. The van der Waals surface area contributed by atoms with Gasteiger partial charge in [-0.05, 0) is 29.7 Å². The zero-order valence-corrected chi connectivity index (χ0v) is 13.3. The molecule has 6 nitrogen and oxygen atoms in total. The second-order valence-electron chi connectivity index (χ2n) is 5.36. The molecule has 126 valence electrons. The minimum absolute atomic E-state index is 0.0906. The highest BCUT2D eigenvalue weighted by Gasteiger charge is 2.17. The first-order chi connectivity index (χ1) is 11.5. The van der Waals surface area contributed by atoms with E-state index >= 15 is 0 Å². The lowest BCUT2D eigenvalue weighted by molar-refractivity contribution is -0.154. The van der Waals surface area contributed by atoms with E-state index in [1.54, 1.807) is 31.2 Å². The number of hydroxylamine groups is 1. The predicted octanol–water partition coefficient (Wildman–Crippen LogP) is 2.96. The van der Waals surface area contributed by atoms with Crippen molar-refractivity contribution in [2.75, 3.05) is 0 Å². The highest BCUT2D eigenvalue weighted by molar-refractivity contribution is 5.75. The zero-order chi connectivity index (χ0) is 17.4. The predicted molar refractivity (Wildman–Crippen MR) is 86.8 cm³/mol. The molecule has 0 aliphatic carbocycles. The summed E-state index contributed by atoms with van der Waals surface area (Å²) in [4.78, 5) is 28.1. The van der Waals surface area contributed by atoms with Crippen LogP contribution >= 0.6 is 0 Å². The third-order valence-corrected chi connectivity index (χ3v) is 3.33. The van der Waals surface area contributed by atoms with Crippen molar-refractivity contribution in [3.63, 3.8) is 0 Å². The van der Waals surface area contributed by atoms with Crippen molar-refractivity contribution in [3.8, 4) is 5.75 Å². The average Bonchev–Trinajstić information content (AvgIpc) is 2.60. The lowest BCUT2D eigenvalue weighted by Crippen LogP contribution is -2.30. The molecule has 0 spiro atoms. The minimum atomic E-state index is -0.830. The molecule has 0 fully saturated rings. The van der Waals surface area contributed by atoms with Crippen LogP contribution in [0.5, 0.6) is 5.75 Å². The molecule has 0 aliphatic heterocycles. The van der Waals surface area contributed by atoms with Gasteiger partial charge in [0.05, 0.1) is 5.92 Å². The molecule has 1 amide bonds. The molecule has 0 saturated heterocycles. The highest BCUT2D eigenvalue weighted by Crippen LogP contribution is 2.14. The van der Waals surface area contributed by atoms with E-state index in [4.69, 9.17) is 9.57 Å². The Kier molecular flexibility index (Phi) is 6.19. The highest BCUT2D eigenvalue weighted by atomic mass is 16.7. The van der Waals surface area contributed by atoms with Gasteiger partial charge in [0.25, 0.3) is 0 Å². The van der Waals surface area contributed by atoms with Crippen LogP contribution in [0.3, 0.4) is 0 Å². The summed E-state index contributed by atoms with van der Waals surface area (Å²) in [5, 5.41) is 9.23. The molecule has 2 aromatic carbocycles. The third kappa shape index (κ3) is 5.64. The Labute approximate surface area is 140 Å². The van der Waals surface area contributed by atoms with Crippen LogP contribution in [-0.2, 0) is 27.4 Å². The van der Waals surface area contributed by atoms with Crippen molar-refractivity contribution in [3.05, 3.63) is 65.7 Å². The number of aromatic hydroxyl groups is 1. The Hall–Kier alpha value is -3.02. The summed E-state index contributed by atoms with van der Waals surface area (Å²) >= 11 is 0. The van der Waals surface area contributed by atoms with E-state index < -0.39 is 18.0 Å². The fourth-order valence-electron chi connectivity index (χ4n) is 2.01. The maximum absolute atomic E-state index is 11.9. The second kappa shape index (κ2) is 8.57. The molecule has 0 aromatic heterocycles. The first kappa shape index (κ1) is 17.3. The van der Waals surface area contributed by atoms with Crippen LogP contribution in [-0.4, -0.2) is 17.2 Å². The number of phenols is 1. The third-order valence-electron chi connectivity index (χ3n) is 3.33. The number of amides is 1. The molecular formula is C18H19NO5. The number of nitrogens with one attached hydrogen (secondary N) is 1. The maximum Gasteiger partial charge on any atom is 0.441 e. The molecule has 6 heteroatoms. The van der Waals surface area contributed by atoms with Gasteiger partial charge >= 0.3 is 12.1 Å². The smallest absolute Gasteiger partial charge is 0.441 e. The van der Waals surface area contributed by atoms with Gasteiger partial charge in [-0.15, -0.1) is 5.48 Å². The largest absolute Gasteiger partial charge is 0.508 e. The van der Waals surface area contributed by atoms with Crippen LogP contribution in [0.25, 0.3) is 0 Å². The van der Waals surface area contributed by atoms with Gasteiger partial charge in [-0.2, -0.15) is 0 Å². The summed E-state index contributed by atoms with van der Waals surface area (Å²) in [6.45, 7) is 1.78. The van der Waals surface area contributed by atoms with E-state index in [1.165, 1.54) is 0 Å². The van der Waals surface area contributed by atoms with Crippen molar-refractivity contribution < 1.29 is 24.3 Å². The van der Waals surface area contributed by atoms with Gasteiger partial charge in [0.15, 0.2) is 0 Å². The number of carbonyl (C=O) groups excluding carboxylic acids is 2. The topological polar surface area (TPSA) is 84.9 Å². The summed E-state index contributed by atoms with van der Waals surface area (Å²) in [7, 11) is 0. The molecule has 0 aliphatic rings. The van der Waals surface area contributed by atoms with Gasteiger partial charge in [0.2, 0.25) is 0 Å². The van der Waals surface area contributed by atoms with Gasteiger partial charge in [-0.1, -0.05) is 49.4 Å². The fourth-order valence-corrected chi connectivity index (χ4v) is 2.01. The van der Waals surface area contributed by atoms with E-state index in [1.807, 2.05) is 35.8 Å². The van der Waals surface area contributed by atoms with Crippen molar-refractivity contribution in [1.29, 1.82) is 0 Å². The Morgan fingerprint density at radius 3 is 2.38 bits per heavy atom. The average molecular weight is 329 g/mol. The standard InChI is InChI=1S/C18H19NO5/c1-13(11-14-7-9-16(20)10-8-14)17(21)24-19-18(22)23-12-15-5-3-2-4-6-15/h2-10,13,20H,11-12H2,1H3,(H,19,22). The van der Waals surface area contributed by atoms with E-state index in [9.17, 15) is 14.7 Å². The van der Waals surface area contributed by atoms with Gasteiger partial charge in [0.1, 0.15) is 12.4 Å². The van der Waals surface area contributed by atoms with E-state index in [0.717, 1.165) is 11.1 Å². The molecule has 1 atom stereocenters. The summed E-state index contributed by atoms with van der Waals surface area (Å²) in [5.41, 5.74) is 3.69. The Balaban J connectivity index is 1.71. The van der Waals surface area contributed by atoms with Crippen LogP contribution in [0.2, 0.25) is 0 Å². The minimum Gasteiger partial charge on any atom is -0.508 e. The summed E-state index contributed by atoms with van der Waals surface area (Å²) in [6.07, 6.45) is -0.399. The second-order valence-corrected chi connectivity index (χ2v) is 5.36. The van der Waals surface area contributed by atoms with Crippen LogP contribution in [0.1, 0.15) is 18.1 Å². The molecule has 2 aromatic rings. The summed E-state index contributed by atoms with van der Waals surface area (Å²) in [6, 6.07) is 15.7. The first-order valence-corrected chi connectivity index (χ1v) is 7.50. The fraction of sp³-hybridized carbons (Fsp3) is 0.222. The first-order valence-electron chi connectivity index (χ1n) is 7.50. The van der Waals surface area contributed by atoms with Crippen LogP contribution < -0.4 is 5.48 Å². The van der Waals surface area contributed by atoms with Crippen molar-refractivity contribution in [1.82, 2.24) is 5.48 Å². The van der Waals surface area contributed by atoms with Crippen LogP contribution in [0, 0.1) is 5.92 Å². The molecule has 0 saturated carbocycles. The number of phenolic OH excluding ortho intramolecular Hbond substituents is 1. The van der Waals surface area contributed by atoms with Crippen molar-refractivity contribution >= 4 is 12.1 Å². The Morgan fingerprint density at radius 1 is 1.04 bits per heavy atom. The molecule has 0 bridgehead atoms. The maximum atomic E-state index is 11.9. The number of rotatable bonds is 5. The number of ether oxygens (including phenoxy) is 1. The molecule has 1 unspecified atom stereocenters. The number of benzene rings is 2. The molecule has 2 rings (SSSR count). The van der Waals surface area contributed by atoms with E-state index in [-0.39, 0.29) is 12.4 Å². The summed E-state index contributed by atoms with van der Waals surface area (Å²) < 4.78 is 4.93. The molecular weight excluding hydrogens is 310 g/mol. The van der Waals surface area contributed by atoms with Crippen molar-refractivity contribution in [2.24, 2.45) is 5.92 Å². The summed E-state index contributed by atoms with van der Waals surface area (Å²) in [5.74, 6) is -0.861. The van der Waals surface area contributed by atoms with Gasteiger partial charge < -0.3 is 14.7 Å². The molecule has 24 heavy (non-hydrogen) atoms. The lowest BCUT2D eigenvalue weighted by atomic mass is 10.0. The van der Waals surface area contributed by atoms with Gasteiger partial charge in [-0.25, -0.2) is 9.59 Å². The number of carbonyl (C=O) groups is 2. The van der Waals surface area contributed by atoms with Gasteiger partial charge in [0, 0.05) is 0 Å². The monoisotopic (exact) mass is 329 g/mol. The van der Waals surface area contributed by atoms with Crippen LogP contribution in [0.4, 0.5) is 4.79 Å². The normalized spacial score (nSPS) is 11.4. The Bertz CT molecular complexity index is 670. The quantitative estimate of drug-likeness (QED) is 0.824. The van der Waals surface area contributed by atoms with E-state index in [2.05, 4.69) is 0 Å².